The van der Waals surface area contributed by atoms with Gasteiger partial charge in [0.05, 0.1) is 6.20 Å². The molecule has 4 rings (SSSR count). The Labute approximate surface area is 161 Å². The number of para-hydroxylation sites is 1. The van der Waals surface area contributed by atoms with Crippen molar-refractivity contribution in [1.29, 1.82) is 0 Å². The lowest BCUT2D eigenvalue weighted by atomic mass is 10.1. The van der Waals surface area contributed by atoms with E-state index in [9.17, 15) is 9.59 Å². The Kier molecular flexibility index (Phi) is 4.46. The molecule has 3 heterocycles. The van der Waals surface area contributed by atoms with E-state index in [0.29, 0.717) is 17.6 Å². The van der Waals surface area contributed by atoms with Crippen LogP contribution in [0.2, 0.25) is 0 Å². The number of rotatable bonds is 5. The number of fused-ring (bicyclic) bond motifs is 2. The minimum absolute atomic E-state index is 0.0790. The summed E-state index contributed by atoms with van der Waals surface area (Å²) in [6, 6.07) is 7.80. The third-order valence-corrected chi connectivity index (χ3v) is 4.95. The second kappa shape index (κ2) is 6.95. The highest BCUT2D eigenvalue weighted by molar-refractivity contribution is 5.83. The van der Waals surface area contributed by atoms with Crippen LogP contribution in [0.3, 0.4) is 0 Å². The zero-order valence-electron chi connectivity index (χ0n) is 16.0. The number of carbonyl (C=O) groups is 1. The van der Waals surface area contributed by atoms with Crippen molar-refractivity contribution in [3.8, 4) is 0 Å². The molecular formula is C20H21N5O3. The van der Waals surface area contributed by atoms with Crippen molar-refractivity contribution in [3.63, 3.8) is 0 Å². The van der Waals surface area contributed by atoms with Gasteiger partial charge in [-0.3, -0.25) is 18.8 Å². The van der Waals surface area contributed by atoms with Crippen molar-refractivity contribution in [2.45, 2.75) is 26.4 Å². The topological polar surface area (TPSA) is 86.2 Å². The minimum atomic E-state index is -0.275. The molecule has 3 aromatic heterocycles. The lowest BCUT2D eigenvalue weighted by Gasteiger charge is -2.18. The van der Waals surface area contributed by atoms with Crippen molar-refractivity contribution < 1.29 is 9.21 Å². The van der Waals surface area contributed by atoms with Gasteiger partial charge in [0.15, 0.2) is 5.65 Å². The molecule has 0 aliphatic carbocycles. The maximum atomic E-state index is 12.8. The van der Waals surface area contributed by atoms with Crippen LogP contribution in [0.1, 0.15) is 18.2 Å². The van der Waals surface area contributed by atoms with Gasteiger partial charge in [-0.25, -0.2) is 4.98 Å². The van der Waals surface area contributed by atoms with E-state index in [2.05, 4.69) is 10.1 Å². The first-order chi connectivity index (χ1) is 13.5. The molecule has 0 aliphatic heterocycles. The fourth-order valence-corrected chi connectivity index (χ4v) is 3.38. The fraction of sp³-hybridized carbons (Fsp3) is 0.300. The molecule has 0 bridgehead atoms. The van der Waals surface area contributed by atoms with Gasteiger partial charge in [-0.05, 0) is 6.07 Å². The van der Waals surface area contributed by atoms with Crippen LogP contribution in [-0.4, -0.2) is 37.2 Å². The number of hydrogen-bond acceptors (Lipinski definition) is 5. The number of aromatic nitrogens is 4. The summed E-state index contributed by atoms with van der Waals surface area (Å²) in [5, 5.41) is 5.45. The first-order valence-corrected chi connectivity index (χ1v) is 9.10. The molecule has 0 N–H and O–H groups in total. The predicted molar refractivity (Wildman–Crippen MR) is 105 cm³/mol. The van der Waals surface area contributed by atoms with Crippen molar-refractivity contribution in [3.05, 3.63) is 58.5 Å². The number of hydrogen-bond donors (Lipinski definition) is 0. The maximum absolute atomic E-state index is 12.8. The number of carbonyl (C=O) groups excluding carboxylic acids is 1. The Balaban J connectivity index is 1.58. The van der Waals surface area contributed by atoms with Crippen molar-refractivity contribution in [2.75, 3.05) is 7.05 Å². The Morgan fingerprint density at radius 2 is 2.04 bits per heavy atom. The number of nitrogens with zero attached hydrogens (tertiary/aromatic N) is 5. The van der Waals surface area contributed by atoms with Gasteiger partial charge in [-0.15, -0.1) is 0 Å². The van der Waals surface area contributed by atoms with Gasteiger partial charge in [0, 0.05) is 38.0 Å². The molecule has 0 aliphatic rings. The largest absolute Gasteiger partial charge is 0.461 e. The van der Waals surface area contributed by atoms with E-state index in [1.807, 2.05) is 31.2 Å². The highest BCUT2D eigenvalue weighted by Gasteiger charge is 2.18. The van der Waals surface area contributed by atoms with E-state index < -0.39 is 0 Å². The predicted octanol–water partition coefficient (Wildman–Crippen LogP) is 2.10. The smallest absolute Gasteiger partial charge is 0.264 e. The first kappa shape index (κ1) is 18.0. The highest BCUT2D eigenvalue weighted by atomic mass is 16.3. The van der Waals surface area contributed by atoms with E-state index in [1.54, 1.807) is 19.0 Å². The summed E-state index contributed by atoms with van der Waals surface area (Å²) in [5.41, 5.74) is 2.04. The highest BCUT2D eigenvalue weighted by Crippen LogP contribution is 2.27. The number of furan rings is 1. The van der Waals surface area contributed by atoms with Crippen LogP contribution in [-0.2, 0) is 31.4 Å². The number of aryl methyl sites for hydroxylation is 2. The summed E-state index contributed by atoms with van der Waals surface area (Å²) >= 11 is 0. The molecule has 0 spiro atoms. The van der Waals surface area contributed by atoms with Crippen molar-refractivity contribution >= 4 is 27.9 Å². The Morgan fingerprint density at radius 1 is 1.25 bits per heavy atom. The maximum Gasteiger partial charge on any atom is 0.264 e. The van der Waals surface area contributed by atoms with Crippen LogP contribution >= 0.6 is 0 Å². The summed E-state index contributed by atoms with van der Waals surface area (Å²) in [4.78, 5) is 31.2. The molecule has 144 valence electrons. The molecule has 0 radical (unpaired) electrons. The molecular weight excluding hydrogens is 358 g/mol. The Hall–Kier alpha value is -3.42. The normalized spacial score (nSPS) is 11.4. The van der Waals surface area contributed by atoms with Crippen molar-refractivity contribution in [1.82, 2.24) is 24.2 Å². The first-order valence-electron chi connectivity index (χ1n) is 9.10. The van der Waals surface area contributed by atoms with E-state index >= 15 is 0 Å². The zero-order valence-corrected chi connectivity index (χ0v) is 16.0. The van der Waals surface area contributed by atoms with E-state index in [1.165, 1.54) is 21.8 Å². The van der Waals surface area contributed by atoms with Crippen molar-refractivity contribution in [2.24, 2.45) is 7.05 Å². The average molecular weight is 379 g/mol. The van der Waals surface area contributed by atoms with Crippen LogP contribution in [0.5, 0.6) is 0 Å². The van der Waals surface area contributed by atoms with E-state index in [-0.39, 0.29) is 18.0 Å². The van der Waals surface area contributed by atoms with Gasteiger partial charge in [0.2, 0.25) is 5.91 Å². The molecule has 0 unspecified atom stereocenters. The summed E-state index contributed by atoms with van der Waals surface area (Å²) in [7, 11) is 3.45. The summed E-state index contributed by atoms with van der Waals surface area (Å²) < 4.78 is 8.75. The third kappa shape index (κ3) is 2.96. The van der Waals surface area contributed by atoms with E-state index in [0.717, 1.165) is 28.7 Å². The monoisotopic (exact) mass is 379 g/mol. The Morgan fingerprint density at radius 3 is 2.82 bits per heavy atom. The lowest BCUT2D eigenvalue weighted by Crippen LogP contribution is -2.33. The SMILES string of the molecule is CCc1oc2ccccc2c1CN(C)C(=O)Cn1cnc2c(cnn2C)c1=O. The summed E-state index contributed by atoms with van der Waals surface area (Å²) in [6.07, 6.45) is 3.61. The molecule has 28 heavy (non-hydrogen) atoms. The van der Waals surface area contributed by atoms with Crippen LogP contribution in [0.25, 0.3) is 22.0 Å². The third-order valence-electron chi connectivity index (χ3n) is 4.95. The van der Waals surface area contributed by atoms with Crippen LogP contribution < -0.4 is 5.56 Å². The average Bonchev–Trinajstić information content (AvgIpc) is 3.25. The molecule has 0 atom stereocenters. The van der Waals surface area contributed by atoms with Gasteiger partial charge in [-0.1, -0.05) is 25.1 Å². The molecule has 1 amide bonds. The second-order valence-corrected chi connectivity index (χ2v) is 6.79. The molecule has 0 saturated carbocycles. The molecule has 8 heteroatoms. The number of amides is 1. The molecule has 0 saturated heterocycles. The summed E-state index contributed by atoms with van der Waals surface area (Å²) in [6.45, 7) is 2.36. The van der Waals surface area contributed by atoms with Gasteiger partial charge in [-0.2, -0.15) is 5.10 Å². The quantitative estimate of drug-likeness (QED) is 0.530. The molecule has 1 aromatic carbocycles. The summed E-state index contributed by atoms with van der Waals surface area (Å²) in [5.74, 6) is 0.691. The van der Waals surface area contributed by atoms with Crippen LogP contribution in [0.15, 0.2) is 46.0 Å². The molecule has 4 aromatic rings. The minimum Gasteiger partial charge on any atom is -0.461 e. The molecule has 8 nitrogen and oxygen atoms in total. The van der Waals surface area contributed by atoms with Gasteiger partial charge < -0.3 is 9.32 Å². The van der Waals surface area contributed by atoms with Crippen LogP contribution in [0.4, 0.5) is 0 Å². The van der Waals surface area contributed by atoms with Gasteiger partial charge in [0.25, 0.3) is 5.56 Å². The van der Waals surface area contributed by atoms with Gasteiger partial charge >= 0.3 is 0 Å². The van der Waals surface area contributed by atoms with E-state index in [4.69, 9.17) is 4.42 Å². The second-order valence-electron chi connectivity index (χ2n) is 6.79. The Bertz CT molecular complexity index is 1230. The zero-order chi connectivity index (χ0) is 19.8. The van der Waals surface area contributed by atoms with Gasteiger partial charge in [0.1, 0.15) is 29.6 Å². The number of benzene rings is 1. The molecule has 0 fully saturated rings. The fourth-order valence-electron chi connectivity index (χ4n) is 3.38. The van der Waals surface area contributed by atoms with Crippen LogP contribution in [0, 0.1) is 0 Å². The number of likely N-dealkylation sites (N-methyl/N-ethyl adjacent to an activating group) is 1. The standard InChI is InChI=1S/C20H21N5O3/c1-4-16-15(13-7-5-6-8-17(13)28-16)10-23(2)18(26)11-25-12-21-19-14(20(25)27)9-22-24(19)3/h5-9,12H,4,10-11H2,1-3H3. The lowest BCUT2D eigenvalue weighted by molar-refractivity contribution is -0.131.